The number of ether oxygens (including phenoxy) is 1. The fourth-order valence-electron chi connectivity index (χ4n) is 0.969. The van der Waals surface area contributed by atoms with Gasteiger partial charge in [0.25, 0.3) is 5.91 Å². The first-order valence-electron chi connectivity index (χ1n) is 4.26. The lowest BCUT2D eigenvalue weighted by molar-refractivity contribution is -0.118. The Bertz CT molecular complexity index is 422. The van der Waals surface area contributed by atoms with E-state index in [-0.39, 0.29) is 0 Å². The molecular formula is C9H10BrN3O3. The van der Waals surface area contributed by atoms with Gasteiger partial charge < -0.3 is 21.5 Å². The summed E-state index contributed by atoms with van der Waals surface area (Å²) in [7, 11) is 0. The first kappa shape index (κ1) is 12.3. The van der Waals surface area contributed by atoms with E-state index < -0.39 is 18.6 Å². The van der Waals surface area contributed by atoms with Crippen LogP contribution in [0.15, 0.2) is 22.7 Å². The maximum Gasteiger partial charge on any atom is 0.405 e. The molecule has 16 heavy (non-hydrogen) atoms. The average molecular weight is 288 g/mol. The largest absolute Gasteiger partial charge is 0.440 e. The number of benzene rings is 1. The Morgan fingerprint density at radius 3 is 2.75 bits per heavy atom. The Kier molecular flexibility index (Phi) is 4.12. The molecule has 0 heterocycles. The molecule has 0 radical (unpaired) electrons. The van der Waals surface area contributed by atoms with E-state index >= 15 is 0 Å². The molecule has 1 aromatic carbocycles. The van der Waals surface area contributed by atoms with Crippen LogP contribution in [0.2, 0.25) is 0 Å². The summed E-state index contributed by atoms with van der Waals surface area (Å²) in [5.41, 5.74) is 11.2. The zero-order valence-corrected chi connectivity index (χ0v) is 9.78. The van der Waals surface area contributed by atoms with Crippen LogP contribution in [0.4, 0.5) is 16.2 Å². The number of nitrogens with two attached hydrogens (primary N) is 2. The van der Waals surface area contributed by atoms with Crippen molar-refractivity contribution in [1.29, 1.82) is 0 Å². The number of rotatable bonds is 3. The number of anilines is 2. The molecule has 0 bridgehead atoms. The molecule has 0 saturated carbocycles. The van der Waals surface area contributed by atoms with E-state index in [4.69, 9.17) is 11.5 Å². The van der Waals surface area contributed by atoms with Gasteiger partial charge in [-0.15, -0.1) is 0 Å². The van der Waals surface area contributed by atoms with Crippen LogP contribution >= 0.6 is 15.9 Å². The highest BCUT2D eigenvalue weighted by molar-refractivity contribution is 9.10. The van der Waals surface area contributed by atoms with E-state index in [1.54, 1.807) is 18.2 Å². The quantitative estimate of drug-likeness (QED) is 0.723. The second-order valence-corrected chi connectivity index (χ2v) is 3.71. The SMILES string of the molecule is NC(=O)OCC(=O)Nc1cccc(Br)c1N. The highest BCUT2D eigenvalue weighted by atomic mass is 79.9. The number of nitrogen functional groups attached to an aromatic ring is 1. The molecule has 2 amide bonds. The summed E-state index contributed by atoms with van der Waals surface area (Å²) >= 11 is 3.22. The number of carbonyl (C=O) groups excluding carboxylic acids is 2. The number of para-hydroxylation sites is 1. The van der Waals surface area contributed by atoms with E-state index in [0.29, 0.717) is 15.8 Å². The molecule has 0 saturated heterocycles. The molecule has 0 aliphatic heterocycles. The zero-order chi connectivity index (χ0) is 12.1. The minimum absolute atomic E-state index is 0.398. The third kappa shape index (κ3) is 3.43. The summed E-state index contributed by atoms with van der Waals surface area (Å²) in [5.74, 6) is -0.511. The van der Waals surface area contributed by atoms with Crippen LogP contribution < -0.4 is 16.8 Å². The molecule has 0 aromatic heterocycles. The Balaban J connectivity index is 2.63. The normalized spacial score (nSPS) is 9.56. The van der Waals surface area contributed by atoms with Crippen molar-refractivity contribution in [3.8, 4) is 0 Å². The third-order valence-corrected chi connectivity index (χ3v) is 2.36. The molecule has 5 N–H and O–H groups in total. The van der Waals surface area contributed by atoms with Crippen molar-refractivity contribution < 1.29 is 14.3 Å². The van der Waals surface area contributed by atoms with Gasteiger partial charge in [-0.3, -0.25) is 4.79 Å². The predicted octanol–water partition coefficient (Wildman–Crippen LogP) is 1.07. The van der Waals surface area contributed by atoms with Crippen LogP contribution in [-0.2, 0) is 9.53 Å². The van der Waals surface area contributed by atoms with E-state index in [1.807, 2.05) is 0 Å². The van der Waals surface area contributed by atoms with Crippen molar-refractivity contribution >= 4 is 39.3 Å². The van der Waals surface area contributed by atoms with E-state index in [0.717, 1.165) is 0 Å². The zero-order valence-electron chi connectivity index (χ0n) is 8.20. The Hall–Kier alpha value is -1.76. The summed E-state index contributed by atoms with van der Waals surface area (Å²) in [6.07, 6.45) is -1.00. The molecule has 1 rings (SSSR count). The number of halogens is 1. The standard InChI is InChI=1S/C9H10BrN3O3/c10-5-2-1-3-6(8(5)11)13-7(14)4-16-9(12)15/h1-3H,4,11H2,(H2,12,15)(H,13,14). The van der Waals surface area contributed by atoms with Crippen LogP contribution in [0.3, 0.4) is 0 Å². The van der Waals surface area contributed by atoms with Gasteiger partial charge in [0.05, 0.1) is 11.4 Å². The fraction of sp³-hybridized carbons (Fsp3) is 0.111. The highest BCUT2D eigenvalue weighted by Gasteiger charge is 2.08. The van der Waals surface area contributed by atoms with Crippen molar-refractivity contribution in [3.63, 3.8) is 0 Å². The van der Waals surface area contributed by atoms with Gasteiger partial charge in [0.1, 0.15) is 0 Å². The summed E-state index contributed by atoms with van der Waals surface area (Å²) in [6.45, 7) is -0.443. The molecule has 0 spiro atoms. The van der Waals surface area contributed by atoms with Crippen molar-refractivity contribution in [2.24, 2.45) is 5.73 Å². The smallest absolute Gasteiger partial charge is 0.405 e. The molecule has 0 aliphatic carbocycles. The number of amides is 2. The Morgan fingerprint density at radius 2 is 2.12 bits per heavy atom. The lowest BCUT2D eigenvalue weighted by atomic mass is 10.2. The topological polar surface area (TPSA) is 107 Å². The van der Waals surface area contributed by atoms with Gasteiger partial charge in [0.15, 0.2) is 6.61 Å². The molecule has 7 heteroatoms. The maximum absolute atomic E-state index is 11.3. The number of hydrogen-bond donors (Lipinski definition) is 3. The van der Waals surface area contributed by atoms with E-state index in [9.17, 15) is 9.59 Å². The van der Waals surface area contributed by atoms with Gasteiger partial charge >= 0.3 is 6.09 Å². The van der Waals surface area contributed by atoms with Crippen LogP contribution in [0, 0.1) is 0 Å². The van der Waals surface area contributed by atoms with E-state index in [2.05, 4.69) is 26.0 Å². The summed E-state index contributed by atoms with van der Waals surface area (Å²) < 4.78 is 4.99. The second-order valence-electron chi connectivity index (χ2n) is 2.86. The Labute approximate surface area is 100 Å². The average Bonchev–Trinajstić information content (AvgIpc) is 2.22. The van der Waals surface area contributed by atoms with Gasteiger partial charge in [0.2, 0.25) is 0 Å². The van der Waals surface area contributed by atoms with Crippen molar-refractivity contribution in [3.05, 3.63) is 22.7 Å². The lowest BCUT2D eigenvalue weighted by Gasteiger charge is -2.08. The number of hydrogen-bond acceptors (Lipinski definition) is 4. The molecule has 0 unspecified atom stereocenters. The molecule has 6 nitrogen and oxygen atoms in total. The van der Waals surface area contributed by atoms with E-state index in [1.165, 1.54) is 0 Å². The van der Waals surface area contributed by atoms with Gasteiger partial charge in [-0.1, -0.05) is 6.07 Å². The van der Waals surface area contributed by atoms with Crippen molar-refractivity contribution in [2.75, 3.05) is 17.7 Å². The maximum atomic E-state index is 11.3. The van der Waals surface area contributed by atoms with Crippen LogP contribution in [-0.4, -0.2) is 18.6 Å². The molecule has 0 aliphatic rings. The number of carbonyl (C=O) groups is 2. The summed E-state index contributed by atoms with van der Waals surface area (Å²) in [4.78, 5) is 21.5. The molecular weight excluding hydrogens is 278 g/mol. The van der Waals surface area contributed by atoms with Crippen LogP contribution in [0.25, 0.3) is 0 Å². The third-order valence-electron chi connectivity index (χ3n) is 1.67. The molecule has 1 aromatic rings. The predicted molar refractivity (Wildman–Crippen MR) is 62.7 cm³/mol. The van der Waals surface area contributed by atoms with Gasteiger partial charge in [0, 0.05) is 4.47 Å². The van der Waals surface area contributed by atoms with Crippen LogP contribution in [0.5, 0.6) is 0 Å². The highest BCUT2D eigenvalue weighted by Crippen LogP contribution is 2.26. The minimum atomic E-state index is -1.00. The van der Waals surface area contributed by atoms with Crippen LogP contribution in [0.1, 0.15) is 0 Å². The van der Waals surface area contributed by atoms with Crippen molar-refractivity contribution in [1.82, 2.24) is 0 Å². The van der Waals surface area contributed by atoms with Gasteiger partial charge in [-0.25, -0.2) is 4.79 Å². The van der Waals surface area contributed by atoms with Gasteiger partial charge in [-0.2, -0.15) is 0 Å². The Morgan fingerprint density at radius 1 is 1.44 bits per heavy atom. The number of nitrogens with one attached hydrogen (secondary N) is 1. The minimum Gasteiger partial charge on any atom is -0.440 e. The first-order chi connectivity index (χ1) is 7.50. The number of primary amides is 1. The molecule has 0 atom stereocenters. The summed E-state index contributed by atoms with van der Waals surface area (Å²) in [5, 5.41) is 2.48. The van der Waals surface area contributed by atoms with Crippen molar-refractivity contribution in [2.45, 2.75) is 0 Å². The van der Waals surface area contributed by atoms with Gasteiger partial charge in [-0.05, 0) is 28.1 Å². The molecule has 86 valence electrons. The fourth-order valence-corrected chi connectivity index (χ4v) is 1.34. The molecule has 0 fully saturated rings. The monoisotopic (exact) mass is 287 g/mol. The summed E-state index contributed by atoms with van der Waals surface area (Å²) in [6, 6.07) is 5.08. The second kappa shape index (κ2) is 5.36. The lowest BCUT2D eigenvalue weighted by Crippen LogP contribution is -2.23. The first-order valence-corrected chi connectivity index (χ1v) is 5.06.